The number of methoxy groups -OCH3 is 1. The maximum absolute atomic E-state index is 13.3. The van der Waals surface area contributed by atoms with Gasteiger partial charge in [0.1, 0.15) is 5.75 Å². The first-order valence-electron chi connectivity index (χ1n) is 13.0. The van der Waals surface area contributed by atoms with Gasteiger partial charge < -0.3 is 10.1 Å². The molecule has 2 aliphatic rings. The van der Waals surface area contributed by atoms with Crippen LogP contribution in [-0.2, 0) is 0 Å². The first kappa shape index (κ1) is 23.3. The van der Waals surface area contributed by atoms with Gasteiger partial charge in [0.25, 0.3) is 5.91 Å². The monoisotopic (exact) mass is 490 g/mol. The molecule has 6 heteroatoms. The number of para-hydroxylation sites is 1. The van der Waals surface area contributed by atoms with Crippen molar-refractivity contribution in [1.82, 2.24) is 15.1 Å². The summed E-state index contributed by atoms with van der Waals surface area (Å²) in [6.45, 7) is 2.10. The molecule has 37 heavy (non-hydrogen) atoms. The van der Waals surface area contributed by atoms with Crippen molar-refractivity contribution in [2.24, 2.45) is 5.41 Å². The van der Waals surface area contributed by atoms with E-state index in [0.717, 1.165) is 40.4 Å². The van der Waals surface area contributed by atoms with E-state index in [2.05, 4.69) is 35.5 Å². The van der Waals surface area contributed by atoms with Gasteiger partial charge >= 0.3 is 0 Å². The molecule has 4 aromatic rings. The van der Waals surface area contributed by atoms with Gasteiger partial charge in [-0.15, -0.1) is 0 Å². The Morgan fingerprint density at radius 2 is 1.92 bits per heavy atom. The quantitative estimate of drug-likeness (QED) is 0.346. The lowest BCUT2D eigenvalue weighted by atomic mass is 9.54. The molecule has 1 amide bonds. The Hall–Kier alpha value is -4.11. The maximum Gasteiger partial charge on any atom is 0.253 e. The second kappa shape index (κ2) is 9.08. The van der Waals surface area contributed by atoms with Crippen molar-refractivity contribution in [2.45, 2.75) is 51.1 Å². The van der Waals surface area contributed by atoms with Gasteiger partial charge in [-0.2, -0.15) is 10.4 Å². The zero-order chi connectivity index (χ0) is 25.6. The largest absolute Gasteiger partial charge is 0.497 e. The minimum absolute atomic E-state index is 0.0135. The molecule has 0 saturated heterocycles. The van der Waals surface area contributed by atoms with Crippen LogP contribution in [0.15, 0.2) is 66.9 Å². The Morgan fingerprint density at radius 1 is 1.14 bits per heavy atom. The minimum atomic E-state index is -0.0672. The molecule has 1 N–H and O–H groups in total. The molecule has 1 aromatic heterocycles. The van der Waals surface area contributed by atoms with Crippen LogP contribution in [0.4, 0.5) is 0 Å². The topological polar surface area (TPSA) is 79.9 Å². The van der Waals surface area contributed by atoms with Gasteiger partial charge in [-0.1, -0.05) is 42.8 Å². The van der Waals surface area contributed by atoms with Gasteiger partial charge in [-0.3, -0.25) is 9.48 Å². The number of hydrogen-bond acceptors (Lipinski definition) is 4. The Bertz CT molecular complexity index is 1520. The third-order valence-electron chi connectivity index (χ3n) is 8.34. The second-order valence-electron chi connectivity index (χ2n) is 10.6. The van der Waals surface area contributed by atoms with Crippen LogP contribution in [0, 0.1) is 16.7 Å². The summed E-state index contributed by atoms with van der Waals surface area (Å²) >= 11 is 0. The summed E-state index contributed by atoms with van der Waals surface area (Å²) in [4.78, 5) is 13.3. The number of rotatable bonds is 6. The van der Waals surface area contributed by atoms with E-state index in [4.69, 9.17) is 4.74 Å². The summed E-state index contributed by atoms with van der Waals surface area (Å²) in [7, 11) is 1.60. The Morgan fingerprint density at radius 3 is 2.59 bits per heavy atom. The van der Waals surface area contributed by atoms with Crippen LogP contribution < -0.4 is 10.1 Å². The molecule has 2 saturated carbocycles. The smallest absolute Gasteiger partial charge is 0.253 e. The standard InChI is InChI=1S/C31H30N4O2/c1-20(22-7-9-23(10-8-22)25-13-21(18-32)14-27(15-25)37-2)35-29-24(19-33-35)5-3-6-28(29)30(36)34-26-16-31(17-26)11-4-12-31/h3,5-10,13-15,19-20,26H,4,11-12,16-17H2,1-2H3,(H,34,36). The van der Waals surface area contributed by atoms with Crippen molar-refractivity contribution in [2.75, 3.05) is 7.11 Å². The number of amides is 1. The summed E-state index contributed by atoms with van der Waals surface area (Å²) in [5.41, 5.74) is 5.63. The summed E-state index contributed by atoms with van der Waals surface area (Å²) in [6.07, 6.45) is 8.02. The third kappa shape index (κ3) is 4.15. The van der Waals surface area contributed by atoms with E-state index >= 15 is 0 Å². The van der Waals surface area contributed by atoms with E-state index in [-0.39, 0.29) is 18.0 Å². The molecule has 0 bridgehead atoms. The zero-order valence-corrected chi connectivity index (χ0v) is 21.2. The van der Waals surface area contributed by atoms with Gasteiger partial charge in [-0.25, -0.2) is 0 Å². The molecule has 2 aliphatic carbocycles. The predicted octanol–water partition coefficient (Wildman–Crippen LogP) is 6.26. The lowest BCUT2D eigenvalue weighted by molar-refractivity contribution is -0.000604. The zero-order valence-electron chi connectivity index (χ0n) is 21.2. The van der Waals surface area contributed by atoms with Crippen LogP contribution in [0.3, 0.4) is 0 Å². The number of ether oxygens (including phenoxy) is 1. The maximum atomic E-state index is 13.3. The fraction of sp³-hybridized carbons (Fsp3) is 0.323. The fourth-order valence-electron chi connectivity index (χ4n) is 6.06. The summed E-state index contributed by atoms with van der Waals surface area (Å²) in [5.74, 6) is 0.644. The highest BCUT2D eigenvalue weighted by Crippen LogP contribution is 2.55. The molecule has 1 atom stereocenters. The van der Waals surface area contributed by atoms with E-state index in [0.29, 0.717) is 22.3 Å². The van der Waals surface area contributed by atoms with E-state index in [1.807, 2.05) is 53.3 Å². The van der Waals surface area contributed by atoms with Crippen LogP contribution in [0.2, 0.25) is 0 Å². The minimum Gasteiger partial charge on any atom is -0.497 e. The molecule has 0 aliphatic heterocycles. The molecule has 1 spiro atoms. The van der Waals surface area contributed by atoms with E-state index in [1.54, 1.807) is 13.2 Å². The van der Waals surface area contributed by atoms with Crippen LogP contribution in [0.1, 0.15) is 66.6 Å². The number of nitrogens with zero attached hydrogens (tertiary/aromatic N) is 3. The summed E-state index contributed by atoms with van der Waals surface area (Å²) < 4.78 is 7.31. The lowest BCUT2D eigenvalue weighted by Gasteiger charge is -2.54. The molecule has 6 nitrogen and oxygen atoms in total. The van der Waals surface area contributed by atoms with E-state index in [9.17, 15) is 10.1 Å². The van der Waals surface area contributed by atoms with Crippen LogP contribution in [-0.4, -0.2) is 28.8 Å². The van der Waals surface area contributed by atoms with Crippen molar-refractivity contribution in [3.05, 3.63) is 83.6 Å². The Labute approximate surface area is 216 Å². The molecule has 3 aromatic carbocycles. The van der Waals surface area contributed by atoms with Gasteiger partial charge in [-0.05, 0) is 79.0 Å². The number of benzene rings is 3. The predicted molar refractivity (Wildman–Crippen MR) is 143 cm³/mol. The molecular formula is C31H30N4O2. The van der Waals surface area contributed by atoms with Gasteiger partial charge in [0.05, 0.1) is 42.1 Å². The number of carbonyl (C=O) groups excluding carboxylic acids is 1. The highest BCUT2D eigenvalue weighted by molar-refractivity contribution is 6.05. The van der Waals surface area contributed by atoms with Gasteiger partial charge in [0.2, 0.25) is 0 Å². The highest BCUT2D eigenvalue weighted by Gasteiger charge is 2.48. The third-order valence-corrected chi connectivity index (χ3v) is 8.34. The lowest BCUT2D eigenvalue weighted by Crippen LogP contribution is -2.53. The fourth-order valence-corrected chi connectivity index (χ4v) is 6.06. The molecule has 186 valence electrons. The number of carbonyl (C=O) groups is 1. The molecule has 0 radical (unpaired) electrons. The van der Waals surface area contributed by atoms with Crippen LogP contribution in [0.25, 0.3) is 22.0 Å². The molecule has 6 rings (SSSR count). The first-order valence-corrected chi connectivity index (χ1v) is 13.0. The number of hydrogen-bond donors (Lipinski definition) is 1. The summed E-state index contributed by atoms with van der Waals surface area (Å²) in [5, 5.41) is 18.3. The average molecular weight is 491 g/mol. The van der Waals surface area contributed by atoms with Crippen molar-refractivity contribution >= 4 is 16.8 Å². The summed E-state index contributed by atoms with van der Waals surface area (Å²) in [6, 6.07) is 22.0. The van der Waals surface area contributed by atoms with E-state index in [1.165, 1.54) is 19.3 Å². The number of nitrogens with one attached hydrogen (secondary N) is 1. The SMILES string of the molecule is COc1cc(C#N)cc(-c2ccc(C(C)n3ncc4cccc(C(=O)NC5CC6(CCC6)C5)c43)cc2)c1. The number of nitriles is 1. The number of fused-ring (bicyclic) bond motifs is 1. The van der Waals surface area contributed by atoms with Crippen molar-refractivity contribution in [3.8, 4) is 22.9 Å². The van der Waals surface area contributed by atoms with Crippen molar-refractivity contribution in [1.29, 1.82) is 5.26 Å². The first-order chi connectivity index (χ1) is 18.0. The van der Waals surface area contributed by atoms with Gasteiger partial charge in [0, 0.05) is 11.4 Å². The van der Waals surface area contributed by atoms with Crippen molar-refractivity contribution < 1.29 is 9.53 Å². The molecule has 2 fully saturated rings. The van der Waals surface area contributed by atoms with Gasteiger partial charge in [0.15, 0.2) is 0 Å². The Balaban J connectivity index is 1.26. The van der Waals surface area contributed by atoms with Crippen LogP contribution >= 0.6 is 0 Å². The average Bonchev–Trinajstić information content (AvgIpc) is 3.33. The highest BCUT2D eigenvalue weighted by atomic mass is 16.5. The molecule has 1 unspecified atom stereocenters. The molecule has 1 heterocycles. The number of aromatic nitrogens is 2. The second-order valence-corrected chi connectivity index (χ2v) is 10.6. The van der Waals surface area contributed by atoms with Crippen LogP contribution in [0.5, 0.6) is 5.75 Å². The van der Waals surface area contributed by atoms with Crippen molar-refractivity contribution in [3.63, 3.8) is 0 Å². The molecular weight excluding hydrogens is 460 g/mol. The Kier molecular flexibility index (Phi) is 5.72. The normalized spacial score (nSPS) is 17.0. The van der Waals surface area contributed by atoms with E-state index < -0.39 is 0 Å².